The van der Waals surface area contributed by atoms with E-state index in [1.54, 1.807) is 6.07 Å². The molecule has 0 aliphatic heterocycles. The number of nitrogens with two attached hydrogens (primary N) is 1. The molecule has 1 aromatic carbocycles. The molecule has 0 aliphatic rings. The van der Waals surface area contributed by atoms with Gasteiger partial charge in [-0.2, -0.15) is 0 Å². The molecule has 2 heterocycles. The number of ether oxygens (including phenoxy) is 1. The molecule has 0 spiro atoms. The van der Waals surface area contributed by atoms with Crippen LogP contribution in [0, 0.1) is 6.92 Å². The summed E-state index contributed by atoms with van der Waals surface area (Å²) in [6.45, 7) is 2.07. The third-order valence-electron chi connectivity index (χ3n) is 2.82. The van der Waals surface area contributed by atoms with Gasteiger partial charge in [0.25, 0.3) is 0 Å². The molecular weight excluding hydrogens is 292 g/mol. The zero-order valence-electron chi connectivity index (χ0n) is 10.8. The van der Waals surface area contributed by atoms with Crippen molar-refractivity contribution in [2.75, 3.05) is 5.73 Å². The molecule has 0 atom stereocenters. The summed E-state index contributed by atoms with van der Waals surface area (Å²) >= 11 is 2.88. The maximum absolute atomic E-state index is 11.9. The van der Waals surface area contributed by atoms with E-state index in [1.807, 2.05) is 31.2 Å². The summed E-state index contributed by atoms with van der Waals surface area (Å²) in [5.74, 6) is -0.353. The van der Waals surface area contributed by atoms with Crippen LogP contribution in [-0.4, -0.2) is 11.0 Å². The number of benzene rings is 1. The Labute approximate surface area is 123 Å². The maximum Gasteiger partial charge on any atom is 0.348 e. The minimum absolute atomic E-state index is 0.190. The Hall–Kier alpha value is -1.92. The summed E-state index contributed by atoms with van der Waals surface area (Å²) in [5, 5.41) is 0.792. The van der Waals surface area contributed by atoms with E-state index >= 15 is 0 Å². The summed E-state index contributed by atoms with van der Waals surface area (Å²) in [4.78, 5) is 17.8. The summed E-state index contributed by atoms with van der Waals surface area (Å²) in [6, 6.07) is 9.51. The van der Waals surface area contributed by atoms with Gasteiger partial charge >= 0.3 is 5.97 Å². The Morgan fingerprint density at radius 3 is 2.85 bits per heavy atom. The first-order chi connectivity index (χ1) is 9.63. The lowest BCUT2D eigenvalue weighted by Gasteiger charge is -1.99. The molecule has 4 nitrogen and oxygen atoms in total. The molecule has 0 fully saturated rings. The number of carbonyl (C=O) groups excluding carboxylic acids is 1. The maximum atomic E-state index is 11.9. The third kappa shape index (κ3) is 2.52. The second kappa shape index (κ2) is 5.22. The van der Waals surface area contributed by atoms with Crippen LogP contribution >= 0.6 is 22.7 Å². The fourth-order valence-electron chi connectivity index (χ4n) is 1.78. The molecule has 6 heteroatoms. The van der Waals surface area contributed by atoms with Crippen molar-refractivity contribution in [3.63, 3.8) is 0 Å². The van der Waals surface area contributed by atoms with Gasteiger partial charge in [-0.25, -0.2) is 9.78 Å². The number of rotatable bonds is 3. The van der Waals surface area contributed by atoms with Gasteiger partial charge in [0.2, 0.25) is 0 Å². The van der Waals surface area contributed by atoms with Gasteiger partial charge in [-0.15, -0.1) is 22.7 Å². The number of carbonyl (C=O) groups is 1. The number of thiophene rings is 1. The van der Waals surface area contributed by atoms with Crippen molar-refractivity contribution in [3.8, 4) is 0 Å². The molecule has 0 saturated carbocycles. The van der Waals surface area contributed by atoms with Gasteiger partial charge in [-0.1, -0.05) is 12.1 Å². The molecular formula is C14H12N2O2S2. The van der Waals surface area contributed by atoms with E-state index in [4.69, 9.17) is 10.5 Å². The minimum atomic E-state index is -0.353. The monoisotopic (exact) mass is 304 g/mol. The van der Waals surface area contributed by atoms with Crippen molar-refractivity contribution in [1.29, 1.82) is 0 Å². The Balaban J connectivity index is 1.71. The number of aryl methyl sites for hydroxylation is 1. The molecule has 3 rings (SSSR count). The average Bonchev–Trinajstić information content (AvgIpc) is 3.00. The lowest BCUT2D eigenvalue weighted by molar-refractivity contribution is 0.0478. The number of anilines is 1. The summed E-state index contributed by atoms with van der Waals surface area (Å²) in [6.07, 6.45) is 0. The smallest absolute Gasteiger partial charge is 0.348 e. The van der Waals surface area contributed by atoms with Gasteiger partial charge < -0.3 is 10.5 Å². The Bertz CT molecular complexity index is 724. The molecule has 3 aromatic rings. The zero-order valence-corrected chi connectivity index (χ0v) is 12.4. The molecule has 2 N–H and O–H groups in total. The lowest BCUT2D eigenvalue weighted by Crippen LogP contribution is -2.02. The second-order valence-electron chi connectivity index (χ2n) is 4.27. The number of esters is 1. The van der Waals surface area contributed by atoms with E-state index in [0.29, 0.717) is 10.6 Å². The lowest BCUT2D eigenvalue weighted by atomic mass is 10.3. The topological polar surface area (TPSA) is 65.2 Å². The van der Waals surface area contributed by atoms with Gasteiger partial charge in [0.15, 0.2) is 0 Å². The van der Waals surface area contributed by atoms with Crippen LogP contribution in [0.3, 0.4) is 0 Å². The van der Waals surface area contributed by atoms with E-state index in [1.165, 1.54) is 22.7 Å². The third-order valence-corrected chi connectivity index (χ3v) is 4.88. The Morgan fingerprint density at radius 2 is 2.15 bits per heavy atom. The van der Waals surface area contributed by atoms with Crippen LogP contribution in [0.2, 0.25) is 0 Å². The number of nitrogens with zero attached hydrogens (tertiary/aromatic N) is 1. The highest BCUT2D eigenvalue weighted by Crippen LogP contribution is 2.25. The molecule has 102 valence electrons. The van der Waals surface area contributed by atoms with Crippen molar-refractivity contribution in [2.24, 2.45) is 0 Å². The van der Waals surface area contributed by atoms with Crippen molar-refractivity contribution < 1.29 is 9.53 Å². The molecule has 0 bridgehead atoms. The first kappa shape index (κ1) is 13.1. The van der Waals surface area contributed by atoms with Crippen LogP contribution in [0.5, 0.6) is 0 Å². The van der Waals surface area contributed by atoms with Crippen molar-refractivity contribution in [1.82, 2.24) is 4.98 Å². The van der Waals surface area contributed by atoms with Crippen molar-refractivity contribution in [2.45, 2.75) is 13.5 Å². The molecule has 0 unspecified atom stereocenters. The number of hydrogen-bond donors (Lipinski definition) is 1. The van der Waals surface area contributed by atoms with Crippen molar-refractivity contribution >= 4 is 44.5 Å². The van der Waals surface area contributed by atoms with E-state index < -0.39 is 0 Å². The molecule has 20 heavy (non-hydrogen) atoms. The zero-order chi connectivity index (χ0) is 14.1. The van der Waals surface area contributed by atoms with E-state index in [0.717, 1.165) is 20.1 Å². The Morgan fingerprint density at radius 1 is 1.35 bits per heavy atom. The summed E-state index contributed by atoms with van der Waals surface area (Å²) in [7, 11) is 0. The van der Waals surface area contributed by atoms with Gasteiger partial charge in [-0.05, 0) is 25.1 Å². The van der Waals surface area contributed by atoms with Crippen LogP contribution in [0.4, 0.5) is 5.69 Å². The highest BCUT2D eigenvalue weighted by molar-refractivity contribution is 7.18. The normalized spacial score (nSPS) is 10.8. The number of hydrogen-bond acceptors (Lipinski definition) is 6. The fourth-order valence-corrected chi connectivity index (χ4v) is 3.49. The van der Waals surface area contributed by atoms with E-state index in [-0.39, 0.29) is 12.6 Å². The largest absolute Gasteiger partial charge is 0.454 e. The van der Waals surface area contributed by atoms with Crippen molar-refractivity contribution in [3.05, 3.63) is 45.1 Å². The van der Waals surface area contributed by atoms with Gasteiger partial charge in [-0.3, -0.25) is 0 Å². The quantitative estimate of drug-likeness (QED) is 0.751. The van der Waals surface area contributed by atoms with Gasteiger partial charge in [0, 0.05) is 10.6 Å². The predicted molar refractivity (Wildman–Crippen MR) is 82.2 cm³/mol. The molecule has 2 aromatic heterocycles. The van der Waals surface area contributed by atoms with Crippen LogP contribution in [0.15, 0.2) is 30.3 Å². The van der Waals surface area contributed by atoms with E-state index in [9.17, 15) is 4.79 Å². The second-order valence-corrected chi connectivity index (χ2v) is 6.65. The minimum Gasteiger partial charge on any atom is -0.454 e. The first-order valence-corrected chi connectivity index (χ1v) is 7.64. The number of fused-ring (bicyclic) bond motifs is 1. The SMILES string of the molecule is Cc1sc(C(=O)OCc2nc3ccccc3s2)cc1N. The molecule has 0 amide bonds. The van der Waals surface area contributed by atoms with Crippen LogP contribution in [0.25, 0.3) is 10.2 Å². The standard InChI is InChI=1S/C14H12N2O2S2/c1-8-9(15)6-12(19-8)14(17)18-7-13-16-10-4-2-3-5-11(10)20-13/h2-6H,7,15H2,1H3. The number of aromatic nitrogens is 1. The first-order valence-electron chi connectivity index (χ1n) is 6.01. The number of para-hydroxylation sites is 1. The Kier molecular flexibility index (Phi) is 3.42. The summed E-state index contributed by atoms with van der Waals surface area (Å²) < 4.78 is 6.37. The highest BCUT2D eigenvalue weighted by atomic mass is 32.1. The fraction of sp³-hybridized carbons (Fsp3) is 0.143. The number of thiazole rings is 1. The molecule has 0 radical (unpaired) electrons. The predicted octanol–water partition coefficient (Wildman–Crippen LogP) is 3.61. The van der Waals surface area contributed by atoms with E-state index in [2.05, 4.69) is 4.98 Å². The van der Waals surface area contributed by atoms with Gasteiger partial charge in [0.1, 0.15) is 16.5 Å². The molecule has 0 saturated heterocycles. The van der Waals surface area contributed by atoms with Crippen LogP contribution in [0.1, 0.15) is 19.6 Å². The van der Waals surface area contributed by atoms with Crippen LogP contribution in [-0.2, 0) is 11.3 Å². The van der Waals surface area contributed by atoms with Gasteiger partial charge in [0.05, 0.1) is 10.2 Å². The summed E-state index contributed by atoms with van der Waals surface area (Å²) in [5.41, 5.74) is 7.29. The average molecular weight is 304 g/mol. The number of nitrogen functional groups attached to an aromatic ring is 1. The van der Waals surface area contributed by atoms with Crippen LogP contribution < -0.4 is 5.73 Å². The molecule has 0 aliphatic carbocycles. The highest BCUT2D eigenvalue weighted by Gasteiger charge is 2.13.